The van der Waals surface area contributed by atoms with E-state index in [4.69, 9.17) is 15.2 Å². The number of aryl methyl sites for hydroxylation is 1. The Balaban J connectivity index is 1.87. The molecule has 0 aliphatic carbocycles. The number of hydrogen-bond donors (Lipinski definition) is 1. The minimum atomic E-state index is 0.113. The summed E-state index contributed by atoms with van der Waals surface area (Å²) in [6, 6.07) is 0. The molecule has 19 heavy (non-hydrogen) atoms. The molecule has 0 saturated carbocycles. The van der Waals surface area contributed by atoms with Crippen LogP contribution < -0.4 is 5.73 Å². The number of nitrogens with zero attached hydrogens (tertiary/aromatic N) is 4. The maximum Gasteiger partial charge on any atom is 0.165 e. The maximum absolute atomic E-state index is 5.73. The SMILES string of the molecule is COCC(C)OCCCn1cnc2c(N)ncnc21. The van der Waals surface area contributed by atoms with Crippen LogP contribution in [0.2, 0.25) is 0 Å². The zero-order valence-electron chi connectivity index (χ0n) is 11.2. The molecule has 0 bridgehead atoms. The standard InChI is InChI=1S/C12H19N5O2/c1-9(6-18-2)19-5-3-4-17-8-16-10-11(13)14-7-15-12(10)17/h7-9H,3-6H2,1-2H3,(H2,13,14,15). The van der Waals surface area contributed by atoms with Crippen LogP contribution >= 0.6 is 0 Å². The van der Waals surface area contributed by atoms with Crippen LogP contribution in [0.15, 0.2) is 12.7 Å². The van der Waals surface area contributed by atoms with Gasteiger partial charge >= 0.3 is 0 Å². The van der Waals surface area contributed by atoms with Crippen molar-refractivity contribution in [3.8, 4) is 0 Å². The smallest absolute Gasteiger partial charge is 0.165 e. The Morgan fingerprint density at radius 2 is 2.21 bits per heavy atom. The van der Waals surface area contributed by atoms with Gasteiger partial charge in [0.15, 0.2) is 11.5 Å². The second-order valence-corrected chi connectivity index (χ2v) is 4.36. The van der Waals surface area contributed by atoms with Crippen LogP contribution in [-0.2, 0) is 16.0 Å². The summed E-state index contributed by atoms with van der Waals surface area (Å²) < 4.78 is 12.6. The molecule has 2 N–H and O–H groups in total. The van der Waals surface area contributed by atoms with Gasteiger partial charge in [-0.05, 0) is 13.3 Å². The summed E-state index contributed by atoms with van der Waals surface area (Å²) in [6.07, 6.45) is 4.17. The third-order valence-corrected chi connectivity index (χ3v) is 2.78. The number of rotatable bonds is 7. The number of ether oxygens (including phenoxy) is 2. The first-order valence-electron chi connectivity index (χ1n) is 6.24. The lowest BCUT2D eigenvalue weighted by atomic mass is 10.4. The van der Waals surface area contributed by atoms with Gasteiger partial charge < -0.3 is 19.8 Å². The van der Waals surface area contributed by atoms with Gasteiger partial charge in [0.1, 0.15) is 11.8 Å². The number of fused-ring (bicyclic) bond motifs is 1. The Bertz CT molecular complexity index is 528. The summed E-state index contributed by atoms with van der Waals surface area (Å²) in [7, 11) is 1.67. The Hall–Kier alpha value is -1.73. The van der Waals surface area contributed by atoms with Crippen molar-refractivity contribution in [1.29, 1.82) is 0 Å². The zero-order valence-corrected chi connectivity index (χ0v) is 11.2. The average Bonchev–Trinajstić information content (AvgIpc) is 2.80. The van der Waals surface area contributed by atoms with Crippen LogP contribution in [0.1, 0.15) is 13.3 Å². The number of nitrogens with two attached hydrogens (primary N) is 1. The molecule has 104 valence electrons. The third-order valence-electron chi connectivity index (χ3n) is 2.78. The van der Waals surface area contributed by atoms with Gasteiger partial charge in [0.05, 0.1) is 19.0 Å². The normalized spacial score (nSPS) is 12.9. The van der Waals surface area contributed by atoms with Crippen LogP contribution in [0.3, 0.4) is 0 Å². The zero-order chi connectivity index (χ0) is 13.7. The Morgan fingerprint density at radius 3 is 3.00 bits per heavy atom. The van der Waals surface area contributed by atoms with Crippen molar-refractivity contribution in [1.82, 2.24) is 19.5 Å². The number of aromatic nitrogens is 4. The molecule has 0 aliphatic rings. The van der Waals surface area contributed by atoms with Crippen LogP contribution in [0.5, 0.6) is 0 Å². The number of nitrogen functional groups attached to an aromatic ring is 1. The molecule has 2 rings (SSSR count). The first kappa shape index (κ1) is 13.7. The van der Waals surface area contributed by atoms with E-state index in [9.17, 15) is 0 Å². The summed E-state index contributed by atoms with van der Waals surface area (Å²) in [4.78, 5) is 12.3. The Labute approximate surface area is 111 Å². The van der Waals surface area contributed by atoms with Crippen molar-refractivity contribution in [2.45, 2.75) is 26.0 Å². The lowest BCUT2D eigenvalue weighted by molar-refractivity contribution is 0.00727. The molecule has 7 nitrogen and oxygen atoms in total. The second kappa shape index (κ2) is 6.44. The molecule has 0 radical (unpaired) electrons. The first-order chi connectivity index (χ1) is 9.22. The van der Waals surface area contributed by atoms with E-state index in [2.05, 4.69) is 15.0 Å². The summed E-state index contributed by atoms with van der Waals surface area (Å²) >= 11 is 0. The van der Waals surface area contributed by atoms with E-state index in [1.807, 2.05) is 11.5 Å². The fraction of sp³-hybridized carbons (Fsp3) is 0.583. The number of imidazole rings is 1. The number of anilines is 1. The molecule has 7 heteroatoms. The van der Waals surface area contributed by atoms with Crippen LogP contribution in [0.4, 0.5) is 5.82 Å². The lowest BCUT2D eigenvalue weighted by Crippen LogP contribution is -2.16. The fourth-order valence-corrected chi connectivity index (χ4v) is 1.86. The fourth-order valence-electron chi connectivity index (χ4n) is 1.86. The summed E-state index contributed by atoms with van der Waals surface area (Å²) in [6.45, 7) is 4.05. The van der Waals surface area contributed by atoms with E-state index in [-0.39, 0.29) is 6.10 Å². The monoisotopic (exact) mass is 265 g/mol. The van der Waals surface area contributed by atoms with Gasteiger partial charge in [0, 0.05) is 20.3 Å². The molecule has 0 spiro atoms. The van der Waals surface area contributed by atoms with Crippen molar-refractivity contribution in [3.05, 3.63) is 12.7 Å². The van der Waals surface area contributed by atoms with Gasteiger partial charge in [0.25, 0.3) is 0 Å². The second-order valence-electron chi connectivity index (χ2n) is 4.36. The summed E-state index contributed by atoms with van der Waals surface area (Å²) in [5.41, 5.74) is 7.14. The quantitative estimate of drug-likeness (QED) is 0.747. The van der Waals surface area contributed by atoms with E-state index in [1.54, 1.807) is 13.4 Å². The molecule has 2 aromatic heterocycles. The van der Waals surface area contributed by atoms with Crippen molar-refractivity contribution >= 4 is 17.0 Å². The largest absolute Gasteiger partial charge is 0.382 e. The average molecular weight is 265 g/mol. The molecule has 2 heterocycles. The van der Waals surface area contributed by atoms with Gasteiger partial charge in [-0.25, -0.2) is 15.0 Å². The van der Waals surface area contributed by atoms with E-state index in [0.29, 0.717) is 24.5 Å². The molecule has 0 amide bonds. The van der Waals surface area contributed by atoms with E-state index < -0.39 is 0 Å². The molecule has 1 atom stereocenters. The molecular formula is C12H19N5O2. The van der Waals surface area contributed by atoms with Crippen molar-refractivity contribution in [2.75, 3.05) is 26.1 Å². The molecule has 2 aromatic rings. The number of hydrogen-bond acceptors (Lipinski definition) is 6. The molecular weight excluding hydrogens is 246 g/mol. The van der Waals surface area contributed by atoms with E-state index in [1.165, 1.54) is 6.33 Å². The highest BCUT2D eigenvalue weighted by molar-refractivity contribution is 5.80. The highest BCUT2D eigenvalue weighted by Gasteiger charge is 2.07. The third kappa shape index (κ3) is 3.39. The van der Waals surface area contributed by atoms with Crippen molar-refractivity contribution in [3.63, 3.8) is 0 Å². The molecule has 0 saturated heterocycles. The van der Waals surface area contributed by atoms with Crippen molar-refractivity contribution in [2.24, 2.45) is 0 Å². The highest BCUT2D eigenvalue weighted by Crippen LogP contribution is 2.14. The molecule has 0 aromatic carbocycles. The topological polar surface area (TPSA) is 88.1 Å². The Morgan fingerprint density at radius 1 is 1.37 bits per heavy atom. The van der Waals surface area contributed by atoms with E-state index >= 15 is 0 Å². The van der Waals surface area contributed by atoms with Gasteiger partial charge in [-0.3, -0.25) is 0 Å². The van der Waals surface area contributed by atoms with Crippen LogP contribution in [0.25, 0.3) is 11.2 Å². The predicted molar refractivity (Wildman–Crippen MR) is 71.6 cm³/mol. The van der Waals surface area contributed by atoms with Crippen LogP contribution in [-0.4, -0.2) is 45.9 Å². The summed E-state index contributed by atoms with van der Waals surface area (Å²) in [5.74, 6) is 0.411. The van der Waals surface area contributed by atoms with Gasteiger partial charge in [-0.2, -0.15) is 0 Å². The summed E-state index contributed by atoms with van der Waals surface area (Å²) in [5, 5.41) is 0. The van der Waals surface area contributed by atoms with E-state index in [0.717, 1.165) is 18.6 Å². The van der Waals surface area contributed by atoms with Gasteiger partial charge in [0.2, 0.25) is 0 Å². The lowest BCUT2D eigenvalue weighted by Gasteiger charge is -2.11. The number of methoxy groups -OCH3 is 1. The highest BCUT2D eigenvalue weighted by atomic mass is 16.5. The molecule has 0 aliphatic heterocycles. The minimum absolute atomic E-state index is 0.113. The molecule has 1 unspecified atom stereocenters. The van der Waals surface area contributed by atoms with Gasteiger partial charge in [-0.1, -0.05) is 0 Å². The predicted octanol–water partition coefficient (Wildman–Crippen LogP) is 0.850. The Kier molecular flexibility index (Phi) is 4.64. The van der Waals surface area contributed by atoms with Crippen molar-refractivity contribution < 1.29 is 9.47 Å². The minimum Gasteiger partial charge on any atom is -0.382 e. The maximum atomic E-state index is 5.73. The van der Waals surface area contributed by atoms with Crippen LogP contribution in [0, 0.1) is 0 Å². The molecule has 0 fully saturated rings. The first-order valence-corrected chi connectivity index (χ1v) is 6.24. The van der Waals surface area contributed by atoms with Gasteiger partial charge in [-0.15, -0.1) is 0 Å².